The van der Waals surface area contributed by atoms with Crippen LogP contribution in [0.3, 0.4) is 0 Å². The highest BCUT2D eigenvalue weighted by molar-refractivity contribution is 6.34. The van der Waals surface area contributed by atoms with Crippen molar-refractivity contribution >= 4 is 23.3 Å². The third kappa shape index (κ3) is 2.55. The Morgan fingerprint density at radius 3 is 2.94 bits per heavy atom. The van der Waals surface area contributed by atoms with Gasteiger partial charge in [0.15, 0.2) is 0 Å². The van der Waals surface area contributed by atoms with Gasteiger partial charge in [-0.2, -0.15) is 0 Å². The van der Waals surface area contributed by atoms with Gasteiger partial charge in [-0.1, -0.05) is 24.6 Å². The second-order valence-corrected chi connectivity index (χ2v) is 5.04. The molecule has 1 saturated heterocycles. The summed E-state index contributed by atoms with van der Waals surface area (Å²) in [7, 11) is 0. The first-order valence-electron chi connectivity index (χ1n) is 5.86. The molecule has 1 aromatic rings. The van der Waals surface area contributed by atoms with Crippen LogP contribution in [0, 0.1) is 5.92 Å². The average molecular weight is 254 g/mol. The van der Waals surface area contributed by atoms with Crippen LogP contribution < -0.4 is 4.90 Å². The summed E-state index contributed by atoms with van der Waals surface area (Å²) in [5.41, 5.74) is 0.972. The molecule has 1 unspecified atom stereocenters. The normalized spacial score (nSPS) is 20.4. The molecule has 1 N–H and O–H groups in total. The molecule has 0 saturated carbocycles. The zero-order chi connectivity index (χ0) is 12.4. The Hall–Kier alpha value is -1.22. The molecule has 1 aliphatic heterocycles. The summed E-state index contributed by atoms with van der Waals surface area (Å²) in [6.45, 7) is 4.00. The number of carboxylic acid groups (broad SMARTS) is 1. The van der Waals surface area contributed by atoms with E-state index in [1.165, 1.54) is 6.42 Å². The minimum atomic E-state index is -0.955. The van der Waals surface area contributed by atoms with E-state index in [0.717, 1.165) is 25.2 Å². The average Bonchev–Trinajstić information content (AvgIpc) is 2.28. The molecule has 0 bridgehead atoms. The Labute approximate surface area is 106 Å². The van der Waals surface area contributed by atoms with E-state index in [4.69, 9.17) is 11.6 Å². The molecule has 1 aliphatic rings. The van der Waals surface area contributed by atoms with Gasteiger partial charge in [0.05, 0.1) is 10.7 Å². The molecule has 0 amide bonds. The molecule has 0 aromatic heterocycles. The number of piperidine rings is 1. The number of carbonyl (C=O) groups is 1. The van der Waals surface area contributed by atoms with Crippen molar-refractivity contribution in [3.63, 3.8) is 0 Å². The molecule has 4 heteroatoms. The lowest BCUT2D eigenvalue weighted by Crippen LogP contribution is -2.35. The van der Waals surface area contributed by atoms with Crippen molar-refractivity contribution in [3.8, 4) is 0 Å². The van der Waals surface area contributed by atoms with Crippen LogP contribution in [-0.2, 0) is 0 Å². The van der Waals surface area contributed by atoms with E-state index >= 15 is 0 Å². The van der Waals surface area contributed by atoms with Crippen molar-refractivity contribution < 1.29 is 9.90 Å². The van der Waals surface area contributed by atoms with Gasteiger partial charge in [-0.25, -0.2) is 4.79 Å². The van der Waals surface area contributed by atoms with E-state index in [0.29, 0.717) is 10.9 Å². The van der Waals surface area contributed by atoms with Gasteiger partial charge in [-0.3, -0.25) is 0 Å². The minimum absolute atomic E-state index is 0.225. The number of benzene rings is 1. The molecule has 1 heterocycles. The standard InChI is InChI=1S/C13H16ClNO2/c1-9-4-3-7-15(8-9)11-6-2-5-10(14)12(11)13(16)17/h2,5-6,9H,3-4,7-8H2,1H3,(H,16,17). The second kappa shape index (κ2) is 4.96. The first-order valence-corrected chi connectivity index (χ1v) is 6.24. The van der Waals surface area contributed by atoms with Crippen molar-refractivity contribution in [2.24, 2.45) is 5.92 Å². The number of aromatic carboxylic acids is 1. The van der Waals surface area contributed by atoms with Crippen LogP contribution in [0.25, 0.3) is 0 Å². The van der Waals surface area contributed by atoms with E-state index in [1.807, 2.05) is 12.1 Å². The summed E-state index contributed by atoms with van der Waals surface area (Å²) in [6.07, 6.45) is 2.31. The minimum Gasteiger partial charge on any atom is -0.478 e. The van der Waals surface area contributed by atoms with Gasteiger partial charge < -0.3 is 10.0 Å². The van der Waals surface area contributed by atoms with E-state index < -0.39 is 5.97 Å². The Morgan fingerprint density at radius 1 is 1.53 bits per heavy atom. The topological polar surface area (TPSA) is 40.5 Å². The molecular weight excluding hydrogens is 238 g/mol. The third-order valence-corrected chi connectivity index (χ3v) is 3.52. The van der Waals surface area contributed by atoms with E-state index in [9.17, 15) is 9.90 Å². The predicted octanol–water partition coefficient (Wildman–Crippen LogP) is 3.27. The summed E-state index contributed by atoms with van der Waals surface area (Å²) >= 11 is 5.97. The zero-order valence-corrected chi connectivity index (χ0v) is 10.6. The van der Waals surface area contributed by atoms with Crippen LogP contribution in [0.1, 0.15) is 30.1 Å². The lowest BCUT2D eigenvalue weighted by molar-refractivity contribution is 0.0697. The molecule has 0 spiro atoms. The quantitative estimate of drug-likeness (QED) is 0.879. The van der Waals surface area contributed by atoms with Crippen molar-refractivity contribution in [2.75, 3.05) is 18.0 Å². The van der Waals surface area contributed by atoms with Crippen LogP contribution in [0.2, 0.25) is 5.02 Å². The Kier molecular flexibility index (Phi) is 3.57. The molecular formula is C13H16ClNO2. The molecule has 17 heavy (non-hydrogen) atoms. The van der Waals surface area contributed by atoms with Crippen molar-refractivity contribution in [1.82, 2.24) is 0 Å². The van der Waals surface area contributed by atoms with E-state index in [1.54, 1.807) is 6.07 Å². The maximum atomic E-state index is 11.3. The molecule has 3 nitrogen and oxygen atoms in total. The van der Waals surface area contributed by atoms with E-state index in [-0.39, 0.29) is 5.56 Å². The number of carboxylic acids is 1. The summed E-state index contributed by atoms with van der Waals surface area (Å²) in [5, 5.41) is 9.55. The van der Waals surface area contributed by atoms with Gasteiger partial charge in [0, 0.05) is 13.1 Å². The maximum Gasteiger partial charge on any atom is 0.339 e. The van der Waals surface area contributed by atoms with Gasteiger partial charge >= 0.3 is 5.97 Å². The number of anilines is 1. The van der Waals surface area contributed by atoms with Crippen LogP contribution in [0.5, 0.6) is 0 Å². The molecule has 1 aromatic carbocycles. The summed E-state index contributed by atoms with van der Waals surface area (Å²) in [5.74, 6) is -0.354. The van der Waals surface area contributed by atoms with Crippen LogP contribution in [0.4, 0.5) is 5.69 Å². The Bertz CT molecular complexity index is 433. The number of hydrogen-bond donors (Lipinski definition) is 1. The molecule has 2 rings (SSSR count). The van der Waals surface area contributed by atoms with Crippen molar-refractivity contribution in [2.45, 2.75) is 19.8 Å². The molecule has 0 aliphatic carbocycles. The number of rotatable bonds is 2. The first-order chi connectivity index (χ1) is 8.09. The summed E-state index contributed by atoms with van der Waals surface area (Å²) < 4.78 is 0. The van der Waals surface area contributed by atoms with Gasteiger partial charge in [-0.15, -0.1) is 0 Å². The number of nitrogens with zero attached hydrogens (tertiary/aromatic N) is 1. The summed E-state index contributed by atoms with van der Waals surface area (Å²) in [4.78, 5) is 13.4. The Balaban J connectivity index is 2.37. The van der Waals surface area contributed by atoms with Crippen LogP contribution in [0.15, 0.2) is 18.2 Å². The molecule has 92 valence electrons. The fourth-order valence-electron chi connectivity index (χ4n) is 2.40. The highest BCUT2D eigenvalue weighted by Crippen LogP contribution is 2.30. The molecule has 0 radical (unpaired) electrons. The number of halogens is 1. The molecule has 1 fully saturated rings. The van der Waals surface area contributed by atoms with E-state index in [2.05, 4.69) is 11.8 Å². The van der Waals surface area contributed by atoms with Gasteiger partial charge in [0.25, 0.3) is 0 Å². The Morgan fingerprint density at radius 2 is 2.29 bits per heavy atom. The maximum absolute atomic E-state index is 11.3. The zero-order valence-electron chi connectivity index (χ0n) is 9.82. The second-order valence-electron chi connectivity index (χ2n) is 4.63. The van der Waals surface area contributed by atoms with Crippen LogP contribution in [-0.4, -0.2) is 24.2 Å². The summed E-state index contributed by atoms with van der Waals surface area (Å²) in [6, 6.07) is 5.28. The SMILES string of the molecule is CC1CCCN(c2cccc(Cl)c2C(=O)O)C1. The predicted molar refractivity (Wildman–Crippen MR) is 69.0 cm³/mol. The molecule has 1 atom stereocenters. The van der Waals surface area contributed by atoms with Gasteiger partial charge in [0.2, 0.25) is 0 Å². The lowest BCUT2D eigenvalue weighted by atomic mass is 9.99. The van der Waals surface area contributed by atoms with Gasteiger partial charge in [-0.05, 0) is 30.9 Å². The monoisotopic (exact) mass is 253 g/mol. The van der Waals surface area contributed by atoms with Crippen molar-refractivity contribution in [3.05, 3.63) is 28.8 Å². The lowest BCUT2D eigenvalue weighted by Gasteiger charge is -2.33. The largest absolute Gasteiger partial charge is 0.478 e. The highest BCUT2D eigenvalue weighted by atomic mass is 35.5. The third-order valence-electron chi connectivity index (χ3n) is 3.20. The smallest absolute Gasteiger partial charge is 0.339 e. The van der Waals surface area contributed by atoms with Gasteiger partial charge in [0.1, 0.15) is 5.56 Å². The highest BCUT2D eigenvalue weighted by Gasteiger charge is 2.22. The first kappa shape index (κ1) is 12.2. The van der Waals surface area contributed by atoms with Crippen molar-refractivity contribution in [1.29, 1.82) is 0 Å². The number of hydrogen-bond acceptors (Lipinski definition) is 2. The fraction of sp³-hybridized carbons (Fsp3) is 0.462. The van der Waals surface area contributed by atoms with Crippen LogP contribution >= 0.6 is 11.6 Å². The fourth-order valence-corrected chi connectivity index (χ4v) is 2.65.